The van der Waals surface area contributed by atoms with Crippen LogP contribution >= 0.6 is 0 Å². The van der Waals surface area contributed by atoms with E-state index in [2.05, 4.69) is 0 Å². The highest BCUT2D eigenvalue weighted by Crippen LogP contribution is 2.44. The van der Waals surface area contributed by atoms with Crippen molar-refractivity contribution in [2.75, 3.05) is 6.61 Å². The van der Waals surface area contributed by atoms with E-state index in [1.807, 2.05) is 0 Å². The minimum atomic E-state index is -1.66. The molecule has 0 aromatic heterocycles. The van der Waals surface area contributed by atoms with E-state index in [-0.39, 0.29) is 29.4 Å². The van der Waals surface area contributed by atoms with Gasteiger partial charge in [0.05, 0.1) is 6.61 Å². The third-order valence-electron chi connectivity index (χ3n) is 5.65. The van der Waals surface area contributed by atoms with Crippen LogP contribution in [0.2, 0.25) is 0 Å². The first kappa shape index (κ1) is 22.4. The zero-order valence-electron chi connectivity index (χ0n) is 16.6. The van der Waals surface area contributed by atoms with Crippen LogP contribution in [0.25, 0.3) is 0 Å². The number of rotatable bonds is 4. The Labute approximate surface area is 181 Å². The van der Waals surface area contributed by atoms with Crippen LogP contribution in [0.5, 0.6) is 28.7 Å². The maximum atomic E-state index is 10.3. The van der Waals surface area contributed by atoms with Gasteiger partial charge >= 0.3 is 0 Å². The number of benzene rings is 2. The molecule has 0 radical (unpaired) electrons. The minimum absolute atomic E-state index is 0.0166. The van der Waals surface area contributed by atoms with Crippen LogP contribution in [0.3, 0.4) is 0 Å². The molecule has 1 saturated heterocycles. The number of hydrogen-bond donors (Lipinski definition) is 8. The van der Waals surface area contributed by atoms with Gasteiger partial charge in [0.2, 0.25) is 0 Å². The predicted molar refractivity (Wildman–Crippen MR) is 105 cm³/mol. The number of aliphatic hydroxyl groups excluding tert-OH is 4. The summed E-state index contributed by atoms with van der Waals surface area (Å²) in [6, 6.07) is 6.38. The van der Waals surface area contributed by atoms with Crippen LogP contribution in [0.15, 0.2) is 30.3 Å². The number of aromatic hydroxyl groups is 4. The molecule has 11 nitrogen and oxygen atoms in total. The van der Waals surface area contributed by atoms with Gasteiger partial charge in [0, 0.05) is 24.1 Å². The van der Waals surface area contributed by atoms with Crippen LogP contribution < -0.4 is 4.74 Å². The van der Waals surface area contributed by atoms with E-state index in [0.29, 0.717) is 11.1 Å². The summed E-state index contributed by atoms with van der Waals surface area (Å²) in [5.41, 5.74) is 0.667. The SMILES string of the molecule is OC[C@H]1O[C@@H](O[C@H]2Cc3c(O)cc(O)cc3O[C@H]2c2ccc(O)c(O)c2)[C@H](O)[C@@H](O)[C@@H]1O. The highest BCUT2D eigenvalue weighted by molar-refractivity contribution is 5.52. The fourth-order valence-electron chi connectivity index (χ4n) is 3.92. The summed E-state index contributed by atoms with van der Waals surface area (Å²) in [5, 5.41) is 79.4. The fourth-order valence-corrected chi connectivity index (χ4v) is 3.92. The smallest absolute Gasteiger partial charge is 0.187 e. The zero-order chi connectivity index (χ0) is 23.2. The van der Waals surface area contributed by atoms with E-state index in [1.165, 1.54) is 24.3 Å². The van der Waals surface area contributed by atoms with Crippen molar-refractivity contribution in [2.45, 2.75) is 49.3 Å². The zero-order valence-corrected chi connectivity index (χ0v) is 16.6. The first-order chi connectivity index (χ1) is 15.2. The number of ether oxygens (including phenoxy) is 3. The van der Waals surface area contributed by atoms with Crippen molar-refractivity contribution in [3.63, 3.8) is 0 Å². The Hall–Kier alpha value is -2.80. The highest BCUT2D eigenvalue weighted by Gasteiger charge is 2.46. The van der Waals surface area contributed by atoms with Gasteiger partial charge < -0.3 is 55.1 Å². The van der Waals surface area contributed by atoms with Gasteiger partial charge in [0.1, 0.15) is 47.8 Å². The number of phenols is 4. The van der Waals surface area contributed by atoms with Crippen molar-refractivity contribution in [1.82, 2.24) is 0 Å². The van der Waals surface area contributed by atoms with Gasteiger partial charge in [-0.2, -0.15) is 0 Å². The Morgan fingerprint density at radius 2 is 1.62 bits per heavy atom. The standard InChI is InChI=1S/C21H24O11/c22-7-16-17(27)18(28)19(29)21(32-16)31-15-6-10-12(25)4-9(23)5-14(10)30-20(15)8-1-2-11(24)13(26)3-8/h1-5,15-29H,6-7H2/t15-,16+,17+,18-,19+,20-,21+/m0/s1. The number of hydrogen-bond acceptors (Lipinski definition) is 11. The third kappa shape index (κ3) is 4.01. The number of phenolic OH excluding ortho intramolecular Hbond substituents is 4. The first-order valence-corrected chi connectivity index (χ1v) is 9.89. The minimum Gasteiger partial charge on any atom is -0.508 e. The van der Waals surface area contributed by atoms with Crippen LogP contribution in [0.4, 0.5) is 0 Å². The maximum Gasteiger partial charge on any atom is 0.187 e. The molecule has 0 bridgehead atoms. The Kier molecular flexibility index (Phi) is 6.03. The highest BCUT2D eigenvalue weighted by atomic mass is 16.7. The van der Waals surface area contributed by atoms with Crippen LogP contribution in [-0.4, -0.2) is 84.3 Å². The summed E-state index contributed by atoms with van der Waals surface area (Å²) >= 11 is 0. The van der Waals surface area contributed by atoms with Crippen molar-refractivity contribution >= 4 is 0 Å². The monoisotopic (exact) mass is 452 g/mol. The average molecular weight is 452 g/mol. The molecule has 0 spiro atoms. The molecule has 2 aromatic rings. The van der Waals surface area contributed by atoms with Gasteiger partial charge in [-0.1, -0.05) is 6.07 Å². The van der Waals surface area contributed by atoms with Crippen LogP contribution in [0, 0.1) is 0 Å². The van der Waals surface area contributed by atoms with E-state index in [9.17, 15) is 40.9 Å². The van der Waals surface area contributed by atoms with Gasteiger partial charge in [0.15, 0.2) is 23.9 Å². The molecule has 0 amide bonds. The molecule has 0 unspecified atom stereocenters. The lowest BCUT2D eigenvalue weighted by Gasteiger charge is -2.43. The predicted octanol–water partition coefficient (Wildman–Crippen LogP) is -0.630. The van der Waals surface area contributed by atoms with Crippen LogP contribution in [0.1, 0.15) is 17.2 Å². The number of aliphatic hydroxyl groups is 4. The molecule has 2 heterocycles. The molecule has 0 saturated carbocycles. The fraction of sp³-hybridized carbons (Fsp3) is 0.429. The second kappa shape index (κ2) is 8.62. The summed E-state index contributed by atoms with van der Waals surface area (Å²) < 4.78 is 17.2. The molecule has 8 N–H and O–H groups in total. The van der Waals surface area contributed by atoms with E-state index in [1.54, 1.807) is 0 Å². The topological polar surface area (TPSA) is 190 Å². The molecule has 2 aromatic carbocycles. The molecular weight excluding hydrogens is 428 g/mol. The lowest BCUT2D eigenvalue weighted by molar-refractivity contribution is -0.317. The van der Waals surface area contributed by atoms with Crippen molar-refractivity contribution in [3.8, 4) is 28.7 Å². The van der Waals surface area contributed by atoms with Gasteiger partial charge in [-0.05, 0) is 17.7 Å². The van der Waals surface area contributed by atoms with Gasteiger partial charge in [0.25, 0.3) is 0 Å². The van der Waals surface area contributed by atoms with Crippen molar-refractivity contribution < 1.29 is 55.1 Å². The molecule has 2 aliphatic heterocycles. The molecule has 11 heteroatoms. The summed E-state index contributed by atoms with van der Waals surface area (Å²) in [5.74, 6) is -1.10. The molecule has 0 aliphatic carbocycles. The summed E-state index contributed by atoms with van der Waals surface area (Å²) in [4.78, 5) is 0. The third-order valence-corrected chi connectivity index (χ3v) is 5.65. The molecule has 1 fully saturated rings. The largest absolute Gasteiger partial charge is 0.508 e. The normalized spacial score (nSPS) is 32.2. The Bertz CT molecular complexity index is 978. The summed E-state index contributed by atoms with van der Waals surface area (Å²) in [7, 11) is 0. The first-order valence-electron chi connectivity index (χ1n) is 9.89. The Morgan fingerprint density at radius 3 is 2.31 bits per heavy atom. The quantitative estimate of drug-likeness (QED) is 0.276. The molecule has 174 valence electrons. The molecule has 7 atom stereocenters. The lowest BCUT2D eigenvalue weighted by atomic mass is 9.93. The molecule has 32 heavy (non-hydrogen) atoms. The molecule has 4 rings (SSSR count). The molecular formula is C21H24O11. The average Bonchev–Trinajstić information content (AvgIpc) is 2.76. The summed E-state index contributed by atoms with van der Waals surface area (Å²) in [6.07, 6.45) is -9.41. The van der Waals surface area contributed by atoms with Gasteiger partial charge in [-0.15, -0.1) is 0 Å². The van der Waals surface area contributed by atoms with E-state index < -0.39 is 55.3 Å². The Balaban J connectivity index is 1.68. The summed E-state index contributed by atoms with van der Waals surface area (Å²) in [6.45, 7) is -0.635. The van der Waals surface area contributed by atoms with Crippen molar-refractivity contribution in [1.29, 1.82) is 0 Å². The number of fused-ring (bicyclic) bond motifs is 1. The maximum absolute atomic E-state index is 10.3. The lowest BCUT2D eigenvalue weighted by Crippen LogP contribution is -2.60. The second-order valence-corrected chi connectivity index (χ2v) is 7.80. The van der Waals surface area contributed by atoms with Crippen LogP contribution in [-0.2, 0) is 15.9 Å². The Morgan fingerprint density at radius 1 is 0.875 bits per heavy atom. The molecule has 2 aliphatic rings. The van der Waals surface area contributed by atoms with Crippen molar-refractivity contribution in [2.24, 2.45) is 0 Å². The van der Waals surface area contributed by atoms with E-state index in [0.717, 1.165) is 6.07 Å². The second-order valence-electron chi connectivity index (χ2n) is 7.80. The van der Waals surface area contributed by atoms with E-state index >= 15 is 0 Å². The van der Waals surface area contributed by atoms with Gasteiger partial charge in [-0.25, -0.2) is 0 Å². The van der Waals surface area contributed by atoms with Crippen molar-refractivity contribution in [3.05, 3.63) is 41.5 Å². The van der Waals surface area contributed by atoms with Gasteiger partial charge in [-0.3, -0.25) is 0 Å². The van der Waals surface area contributed by atoms with E-state index in [4.69, 9.17) is 14.2 Å².